The number of sulfonamides is 1. The van der Waals surface area contributed by atoms with Gasteiger partial charge in [0.15, 0.2) is 4.90 Å². The van der Waals surface area contributed by atoms with Crippen LogP contribution >= 0.6 is 0 Å². The van der Waals surface area contributed by atoms with Crippen LogP contribution in [0.4, 0.5) is 8.78 Å². The van der Waals surface area contributed by atoms with Crippen molar-refractivity contribution in [3.8, 4) is 6.07 Å². The molecule has 1 aromatic rings. The van der Waals surface area contributed by atoms with E-state index in [0.29, 0.717) is 18.6 Å². The standard InChI is InChI=1S/C14H16F2N2O4S/c1-21-8-10-5-11(22-2)7-18(10)23(19,20)14-12(15)3-9(6-17)4-13(14)16/h3-4,10-11H,5,7-8H2,1-2H3/t10-,11-/m0/s1. The highest BCUT2D eigenvalue weighted by molar-refractivity contribution is 7.89. The van der Waals surface area contributed by atoms with Gasteiger partial charge in [-0.1, -0.05) is 0 Å². The minimum Gasteiger partial charge on any atom is -0.383 e. The number of nitrogens with zero attached hydrogens (tertiary/aromatic N) is 2. The summed E-state index contributed by atoms with van der Waals surface area (Å²) in [7, 11) is -1.58. The molecule has 23 heavy (non-hydrogen) atoms. The van der Waals surface area contributed by atoms with E-state index in [9.17, 15) is 17.2 Å². The smallest absolute Gasteiger partial charge is 0.249 e. The van der Waals surface area contributed by atoms with Gasteiger partial charge in [-0.05, 0) is 18.6 Å². The zero-order chi connectivity index (χ0) is 17.2. The molecule has 2 rings (SSSR count). The topological polar surface area (TPSA) is 79.6 Å². The summed E-state index contributed by atoms with van der Waals surface area (Å²) in [6.45, 7) is 0.0599. The number of benzene rings is 1. The second-order valence-electron chi connectivity index (χ2n) is 5.16. The molecule has 0 unspecified atom stereocenters. The van der Waals surface area contributed by atoms with Crippen LogP contribution in [0.15, 0.2) is 17.0 Å². The zero-order valence-corrected chi connectivity index (χ0v) is 13.4. The Kier molecular flexibility index (Phi) is 5.31. The highest BCUT2D eigenvalue weighted by Crippen LogP contribution is 2.31. The summed E-state index contributed by atoms with van der Waals surface area (Å²) < 4.78 is 64.6. The van der Waals surface area contributed by atoms with Crippen molar-refractivity contribution in [1.29, 1.82) is 5.26 Å². The van der Waals surface area contributed by atoms with E-state index in [1.807, 2.05) is 0 Å². The lowest BCUT2D eigenvalue weighted by atomic mass is 10.2. The van der Waals surface area contributed by atoms with Crippen LogP contribution in [0.5, 0.6) is 0 Å². The van der Waals surface area contributed by atoms with E-state index < -0.39 is 32.6 Å². The predicted octanol–water partition coefficient (Wildman–Crippen LogP) is 1.26. The van der Waals surface area contributed by atoms with Crippen molar-refractivity contribution in [3.05, 3.63) is 29.3 Å². The maximum absolute atomic E-state index is 14.1. The molecule has 1 heterocycles. The molecule has 0 N–H and O–H groups in total. The molecule has 1 saturated heterocycles. The average molecular weight is 346 g/mol. The molecule has 6 nitrogen and oxygen atoms in total. The predicted molar refractivity (Wildman–Crippen MR) is 76.0 cm³/mol. The van der Waals surface area contributed by atoms with E-state index >= 15 is 0 Å². The van der Waals surface area contributed by atoms with Crippen LogP contribution in [0.1, 0.15) is 12.0 Å². The van der Waals surface area contributed by atoms with Crippen LogP contribution < -0.4 is 0 Å². The molecule has 9 heteroatoms. The van der Waals surface area contributed by atoms with Gasteiger partial charge < -0.3 is 9.47 Å². The molecular weight excluding hydrogens is 330 g/mol. The van der Waals surface area contributed by atoms with Crippen molar-refractivity contribution in [1.82, 2.24) is 4.31 Å². The first-order valence-corrected chi connectivity index (χ1v) is 8.21. The molecule has 0 saturated carbocycles. The molecule has 1 fully saturated rings. The van der Waals surface area contributed by atoms with Crippen LogP contribution in [0.25, 0.3) is 0 Å². The summed E-state index contributed by atoms with van der Waals surface area (Å²) in [5.74, 6) is -2.59. The fourth-order valence-electron chi connectivity index (χ4n) is 2.64. The van der Waals surface area contributed by atoms with E-state index in [1.54, 1.807) is 6.07 Å². The van der Waals surface area contributed by atoms with Gasteiger partial charge in [-0.25, -0.2) is 17.2 Å². The quantitative estimate of drug-likeness (QED) is 0.802. The lowest BCUT2D eigenvalue weighted by Crippen LogP contribution is -2.39. The fraction of sp³-hybridized carbons (Fsp3) is 0.500. The first-order valence-electron chi connectivity index (χ1n) is 6.77. The number of hydrogen-bond donors (Lipinski definition) is 0. The molecule has 0 aliphatic carbocycles. The van der Waals surface area contributed by atoms with Crippen molar-refractivity contribution in [2.24, 2.45) is 0 Å². The number of methoxy groups -OCH3 is 2. The van der Waals surface area contributed by atoms with E-state index in [0.717, 1.165) is 4.31 Å². The molecule has 2 atom stereocenters. The first kappa shape index (κ1) is 17.7. The monoisotopic (exact) mass is 346 g/mol. The van der Waals surface area contributed by atoms with Crippen molar-refractivity contribution in [2.45, 2.75) is 23.5 Å². The number of nitriles is 1. The molecule has 0 spiro atoms. The van der Waals surface area contributed by atoms with Gasteiger partial charge in [0.25, 0.3) is 0 Å². The molecule has 0 radical (unpaired) electrons. The van der Waals surface area contributed by atoms with Gasteiger partial charge in [-0.3, -0.25) is 0 Å². The fourth-order valence-corrected chi connectivity index (χ4v) is 4.39. The van der Waals surface area contributed by atoms with Crippen LogP contribution in [0.2, 0.25) is 0 Å². The van der Waals surface area contributed by atoms with E-state index in [4.69, 9.17) is 14.7 Å². The summed E-state index contributed by atoms with van der Waals surface area (Å²) in [4.78, 5) is -1.06. The minimum atomic E-state index is -4.43. The van der Waals surface area contributed by atoms with Gasteiger partial charge in [0, 0.05) is 20.8 Å². The third-order valence-electron chi connectivity index (χ3n) is 3.71. The summed E-state index contributed by atoms with van der Waals surface area (Å²) in [5.41, 5.74) is -0.288. The molecular formula is C14H16F2N2O4S. The summed E-state index contributed by atoms with van der Waals surface area (Å²) in [6.07, 6.45) is -0.0160. The first-order chi connectivity index (χ1) is 10.8. The molecule has 0 aromatic heterocycles. The van der Waals surface area contributed by atoms with Crippen LogP contribution in [0, 0.1) is 23.0 Å². The van der Waals surface area contributed by atoms with Gasteiger partial charge in [-0.15, -0.1) is 0 Å². The largest absolute Gasteiger partial charge is 0.383 e. The van der Waals surface area contributed by atoms with Gasteiger partial charge in [0.1, 0.15) is 11.6 Å². The lowest BCUT2D eigenvalue weighted by Gasteiger charge is -2.23. The second-order valence-corrected chi connectivity index (χ2v) is 6.99. The summed E-state index contributed by atoms with van der Waals surface area (Å²) in [5, 5.41) is 8.69. The summed E-state index contributed by atoms with van der Waals surface area (Å²) in [6, 6.07) is 2.39. The molecule has 1 aromatic carbocycles. The minimum absolute atomic E-state index is 0.0221. The highest BCUT2D eigenvalue weighted by atomic mass is 32.2. The molecule has 0 amide bonds. The van der Waals surface area contributed by atoms with Gasteiger partial charge >= 0.3 is 0 Å². The number of hydrogen-bond acceptors (Lipinski definition) is 5. The van der Waals surface area contributed by atoms with Crippen LogP contribution in [-0.2, 0) is 19.5 Å². The number of ether oxygens (including phenoxy) is 2. The SMILES string of the molecule is COC[C@@H]1C[C@H](OC)CN1S(=O)(=O)c1c(F)cc(C#N)cc1F. The van der Waals surface area contributed by atoms with E-state index in [-0.39, 0.29) is 24.8 Å². The Morgan fingerprint density at radius 1 is 1.35 bits per heavy atom. The van der Waals surface area contributed by atoms with Crippen LogP contribution in [0.3, 0.4) is 0 Å². The van der Waals surface area contributed by atoms with Crippen LogP contribution in [-0.4, -0.2) is 52.2 Å². The van der Waals surface area contributed by atoms with Gasteiger partial charge in [-0.2, -0.15) is 9.57 Å². The third-order valence-corrected chi connectivity index (χ3v) is 5.68. The Balaban J connectivity index is 2.47. The Labute approximate surface area is 133 Å². The molecule has 1 aliphatic rings. The van der Waals surface area contributed by atoms with Crippen molar-refractivity contribution in [3.63, 3.8) is 0 Å². The maximum Gasteiger partial charge on any atom is 0.249 e. The Hall–Kier alpha value is -1.60. The Morgan fingerprint density at radius 2 is 1.96 bits per heavy atom. The Bertz CT molecular complexity index is 710. The van der Waals surface area contributed by atoms with E-state index in [1.165, 1.54) is 14.2 Å². The van der Waals surface area contributed by atoms with E-state index in [2.05, 4.69) is 0 Å². The Morgan fingerprint density at radius 3 is 2.43 bits per heavy atom. The van der Waals surface area contributed by atoms with Gasteiger partial charge in [0.2, 0.25) is 10.0 Å². The number of rotatable bonds is 5. The van der Waals surface area contributed by atoms with Gasteiger partial charge in [0.05, 0.1) is 30.4 Å². The third kappa shape index (κ3) is 3.35. The zero-order valence-electron chi connectivity index (χ0n) is 12.6. The molecule has 1 aliphatic heterocycles. The van der Waals surface area contributed by atoms with Crippen molar-refractivity contribution >= 4 is 10.0 Å². The molecule has 126 valence electrons. The highest BCUT2D eigenvalue weighted by Gasteiger charge is 2.42. The summed E-state index contributed by atoms with van der Waals surface area (Å²) >= 11 is 0. The lowest BCUT2D eigenvalue weighted by molar-refractivity contribution is 0.110. The molecule has 0 bridgehead atoms. The number of halogens is 2. The normalized spacial score (nSPS) is 22.2. The second kappa shape index (κ2) is 6.88. The van der Waals surface area contributed by atoms with Crippen molar-refractivity contribution in [2.75, 3.05) is 27.4 Å². The van der Waals surface area contributed by atoms with Crippen molar-refractivity contribution < 1.29 is 26.7 Å². The maximum atomic E-state index is 14.1. The average Bonchev–Trinajstić information content (AvgIpc) is 2.90.